The Bertz CT molecular complexity index is 722. The molecule has 1 aliphatic heterocycles. The Balaban J connectivity index is 2.13. The Morgan fingerprint density at radius 3 is 2.85 bits per heavy atom. The van der Waals surface area contributed by atoms with E-state index in [4.69, 9.17) is 0 Å². The van der Waals surface area contributed by atoms with E-state index in [0.29, 0.717) is 0 Å². The van der Waals surface area contributed by atoms with Gasteiger partial charge in [0, 0.05) is 4.47 Å². The highest BCUT2D eigenvalue weighted by molar-refractivity contribution is 9.10. The zero-order valence-corrected chi connectivity index (χ0v) is 12.6. The third kappa shape index (κ3) is 2.65. The number of carbonyl (C=O) groups excluding carboxylic acids is 1. The molecular formula is C16H13BrN2O. The van der Waals surface area contributed by atoms with Gasteiger partial charge in [0.15, 0.2) is 0 Å². The first-order valence-corrected chi connectivity index (χ1v) is 7.15. The van der Waals surface area contributed by atoms with Gasteiger partial charge in [0.25, 0.3) is 0 Å². The Hall–Kier alpha value is -1.94. The van der Waals surface area contributed by atoms with Crippen LogP contribution in [-0.2, 0) is 4.79 Å². The molecule has 1 aliphatic rings. The number of hydrogen-bond donors (Lipinski definition) is 1. The van der Waals surface area contributed by atoms with Crippen molar-refractivity contribution < 1.29 is 4.79 Å². The van der Waals surface area contributed by atoms with Crippen LogP contribution in [0.2, 0.25) is 0 Å². The lowest BCUT2D eigenvalue weighted by atomic mass is 10.0. The quantitative estimate of drug-likeness (QED) is 0.836. The fourth-order valence-corrected chi connectivity index (χ4v) is 2.57. The number of hydrogen-bond acceptors (Lipinski definition) is 2. The smallest absolute Gasteiger partial charge is 0.230 e. The highest BCUT2D eigenvalue weighted by atomic mass is 79.9. The van der Waals surface area contributed by atoms with Gasteiger partial charge in [-0.25, -0.2) is 0 Å². The summed E-state index contributed by atoms with van der Waals surface area (Å²) in [4.78, 5) is 16.7. The van der Waals surface area contributed by atoms with Crippen LogP contribution in [0, 0.1) is 6.92 Å². The fourth-order valence-electron chi connectivity index (χ4n) is 2.23. The molecule has 0 aliphatic carbocycles. The second-order valence-corrected chi connectivity index (χ2v) is 5.73. The maximum atomic E-state index is 12.0. The molecule has 0 fully saturated rings. The van der Waals surface area contributed by atoms with E-state index in [0.717, 1.165) is 32.7 Å². The summed E-state index contributed by atoms with van der Waals surface area (Å²) < 4.78 is 0.944. The third-order valence-corrected chi connectivity index (χ3v) is 3.66. The van der Waals surface area contributed by atoms with Crippen LogP contribution < -0.4 is 5.32 Å². The molecule has 2 aromatic rings. The zero-order valence-electron chi connectivity index (χ0n) is 11.0. The molecule has 2 aromatic carbocycles. The van der Waals surface area contributed by atoms with Gasteiger partial charge in [-0.15, -0.1) is 0 Å². The molecule has 0 atom stereocenters. The Morgan fingerprint density at radius 2 is 2.05 bits per heavy atom. The normalized spacial score (nSPS) is 14.1. The van der Waals surface area contributed by atoms with Gasteiger partial charge in [-0.1, -0.05) is 45.8 Å². The van der Waals surface area contributed by atoms with E-state index in [-0.39, 0.29) is 12.3 Å². The number of aliphatic imine (C=N–C) groups is 1. The molecule has 0 saturated heterocycles. The van der Waals surface area contributed by atoms with Crippen molar-refractivity contribution in [2.45, 2.75) is 13.3 Å². The second kappa shape index (κ2) is 5.21. The fraction of sp³-hybridized carbons (Fsp3) is 0.125. The molecule has 4 heteroatoms. The molecule has 0 saturated carbocycles. The van der Waals surface area contributed by atoms with E-state index >= 15 is 0 Å². The summed E-state index contributed by atoms with van der Waals surface area (Å²) in [6, 6.07) is 13.7. The molecule has 1 amide bonds. The van der Waals surface area contributed by atoms with Crippen molar-refractivity contribution in [2.24, 2.45) is 4.99 Å². The molecule has 1 heterocycles. The Kier molecular flexibility index (Phi) is 3.40. The van der Waals surface area contributed by atoms with Gasteiger partial charge in [-0.3, -0.25) is 9.79 Å². The highest BCUT2D eigenvalue weighted by Gasteiger charge is 2.17. The molecule has 0 radical (unpaired) electrons. The highest BCUT2D eigenvalue weighted by Crippen LogP contribution is 2.31. The summed E-state index contributed by atoms with van der Waals surface area (Å²) in [5.74, 6) is -0.0358. The van der Waals surface area contributed by atoms with Crippen molar-refractivity contribution in [3.8, 4) is 0 Å². The standard InChI is InChI=1S/C16H13BrN2O/c1-10-3-2-4-11(7-10)14-9-16(20)19-13-6-5-12(17)8-15(13)18-14/h2-8H,9H2,1H3,(H,19,20). The lowest BCUT2D eigenvalue weighted by Crippen LogP contribution is -2.14. The van der Waals surface area contributed by atoms with E-state index in [9.17, 15) is 4.79 Å². The summed E-state index contributed by atoms with van der Waals surface area (Å²) in [6.45, 7) is 2.03. The monoisotopic (exact) mass is 328 g/mol. The molecule has 0 aromatic heterocycles. The predicted molar refractivity (Wildman–Crippen MR) is 84.8 cm³/mol. The molecule has 0 bridgehead atoms. The molecule has 20 heavy (non-hydrogen) atoms. The minimum Gasteiger partial charge on any atom is -0.324 e. The van der Waals surface area contributed by atoms with Crippen molar-refractivity contribution in [1.82, 2.24) is 0 Å². The molecule has 0 unspecified atom stereocenters. The number of aryl methyl sites for hydroxylation is 1. The van der Waals surface area contributed by atoms with Crippen LogP contribution in [0.4, 0.5) is 11.4 Å². The third-order valence-electron chi connectivity index (χ3n) is 3.17. The molecule has 0 spiro atoms. The van der Waals surface area contributed by atoms with Crippen LogP contribution >= 0.6 is 15.9 Å². The van der Waals surface area contributed by atoms with Crippen molar-refractivity contribution in [3.63, 3.8) is 0 Å². The summed E-state index contributed by atoms with van der Waals surface area (Å²) in [7, 11) is 0. The number of halogens is 1. The van der Waals surface area contributed by atoms with E-state index < -0.39 is 0 Å². The van der Waals surface area contributed by atoms with Crippen LogP contribution in [0.1, 0.15) is 17.5 Å². The first-order valence-electron chi connectivity index (χ1n) is 6.36. The average Bonchev–Trinajstić information content (AvgIpc) is 2.56. The maximum Gasteiger partial charge on any atom is 0.230 e. The van der Waals surface area contributed by atoms with Crippen LogP contribution in [0.25, 0.3) is 0 Å². The van der Waals surface area contributed by atoms with Crippen LogP contribution in [0.5, 0.6) is 0 Å². The van der Waals surface area contributed by atoms with Crippen molar-refractivity contribution in [1.29, 1.82) is 0 Å². The number of amides is 1. The van der Waals surface area contributed by atoms with E-state index in [1.165, 1.54) is 0 Å². The van der Waals surface area contributed by atoms with Gasteiger partial charge in [0.05, 0.1) is 23.5 Å². The molecule has 3 rings (SSSR count). The Labute approximate surface area is 125 Å². The number of anilines is 1. The van der Waals surface area contributed by atoms with E-state index in [1.807, 2.05) is 43.3 Å². The average molecular weight is 329 g/mol. The van der Waals surface area contributed by atoms with Gasteiger partial charge in [0.1, 0.15) is 0 Å². The SMILES string of the molecule is Cc1cccc(C2=Nc3cc(Br)ccc3NC(=O)C2)c1. The van der Waals surface area contributed by atoms with Gasteiger partial charge in [-0.05, 0) is 30.7 Å². The molecule has 100 valence electrons. The van der Waals surface area contributed by atoms with Gasteiger partial charge in [0.2, 0.25) is 5.91 Å². The first-order chi connectivity index (χ1) is 9.61. The Morgan fingerprint density at radius 1 is 1.20 bits per heavy atom. The number of carbonyl (C=O) groups is 1. The minimum absolute atomic E-state index is 0.0358. The predicted octanol–water partition coefficient (Wildman–Crippen LogP) is 4.22. The zero-order chi connectivity index (χ0) is 14.1. The molecular weight excluding hydrogens is 316 g/mol. The number of nitrogens with zero attached hydrogens (tertiary/aromatic N) is 1. The van der Waals surface area contributed by atoms with Gasteiger partial charge >= 0.3 is 0 Å². The maximum absolute atomic E-state index is 12.0. The molecule has 3 nitrogen and oxygen atoms in total. The number of rotatable bonds is 1. The minimum atomic E-state index is -0.0358. The lowest BCUT2D eigenvalue weighted by Gasteiger charge is -2.04. The summed E-state index contributed by atoms with van der Waals surface area (Å²) in [5, 5.41) is 2.89. The van der Waals surface area contributed by atoms with Crippen molar-refractivity contribution in [2.75, 3.05) is 5.32 Å². The lowest BCUT2D eigenvalue weighted by molar-refractivity contribution is -0.115. The topological polar surface area (TPSA) is 41.5 Å². The van der Waals surface area contributed by atoms with Crippen molar-refractivity contribution >= 4 is 38.9 Å². The molecule has 1 N–H and O–H groups in total. The summed E-state index contributed by atoms with van der Waals surface area (Å²) in [6.07, 6.45) is 0.287. The van der Waals surface area contributed by atoms with Crippen LogP contribution in [-0.4, -0.2) is 11.6 Å². The largest absolute Gasteiger partial charge is 0.324 e. The van der Waals surface area contributed by atoms with E-state index in [1.54, 1.807) is 0 Å². The van der Waals surface area contributed by atoms with Crippen molar-refractivity contribution in [3.05, 3.63) is 58.1 Å². The van der Waals surface area contributed by atoms with E-state index in [2.05, 4.69) is 32.3 Å². The van der Waals surface area contributed by atoms with Gasteiger partial charge in [-0.2, -0.15) is 0 Å². The first kappa shape index (κ1) is 13.1. The van der Waals surface area contributed by atoms with Crippen LogP contribution in [0.15, 0.2) is 51.9 Å². The van der Waals surface area contributed by atoms with Gasteiger partial charge < -0.3 is 5.32 Å². The number of nitrogens with one attached hydrogen (secondary N) is 1. The second-order valence-electron chi connectivity index (χ2n) is 4.81. The number of fused-ring (bicyclic) bond motifs is 1. The summed E-state index contributed by atoms with van der Waals surface area (Å²) >= 11 is 3.44. The van der Waals surface area contributed by atoms with Crippen LogP contribution in [0.3, 0.4) is 0 Å². The summed E-state index contributed by atoms with van der Waals surface area (Å²) in [5.41, 5.74) is 4.47. The number of benzene rings is 2.